The minimum absolute atomic E-state index is 0.107. The molecule has 1 N–H and O–H groups in total. The van der Waals surface area contributed by atoms with Gasteiger partial charge in [0.25, 0.3) is 5.91 Å². The second-order valence-electron chi connectivity index (χ2n) is 7.75. The normalized spacial score (nSPS) is 20.7. The summed E-state index contributed by atoms with van der Waals surface area (Å²) in [7, 11) is 0. The smallest absolute Gasteiger partial charge is 0.251 e. The number of carbonyl (C=O) groups is 2. The molecule has 0 saturated carbocycles. The van der Waals surface area contributed by atoms with Crippen LogP contribution in [0.1, 0.15) is 48.7 Å². The predicted molar refractivity (Wildman–Crippen MR) is 107 cm³/mol. The van der Waals surface area contributed by atoms with E-state index in [0.717, 1.165) is 25.1 Å². The van der Waals surface area contributed by atoms with Gasteiger partial charge in [0.2, 0.25) is 5.91 Å². The highest BCUT2D eigenvalue weighted by atomic mass is 16.2. The lowest BCUT2D eigenvalue weighted by molar-refractivity contribution is -0.134. The summed E-state index contributed by atoms with van der Waals surface area (Å²) >= 11 is 0. The molecule has 2 amide bonds. The van der Waals surface area contributed by atoms with Crippen molar-refractivity contribution in [1.29, 1.82) is 0 Å². The highest BCUT2D eigenvalue weighted by Crippen LogP contribution is 2.24. The molecule has 3 unspecified atom stereocenters. The Labute approximate surface area is 161 Å². The Hall–Kier alpha value is -2.62. The van der Waals surface area contributed by atoms with E-state index in [4.69, 9.17) is 0 Å². The summed E-state index contributed by atoms with van der Waals surface area (Å²) in [4.78, 5) is 27.6. The number of carbonyl (C=O) groups excluding carboxylic acids is 2. The zero-order valence-electron chi connectivity index (χ0n) is 16.1. The van der Waals surface area contributed by atoms with E-state index in [9.17, 15) is 9.59 Å². The van der Waals surface area contributed by atoms with Crippen LogP contribution in [0.3, 0.4) is 0 Å². The lowest BCUT2D eigenvalue weighted by Gasteiger charge is -2.36. The number of piperidine rings is 1. The van der Waals surface area contributed by atoms with E-state index in [1.807, 2.05) is 53.4 Å². The van der Waals surface area contributed by atoms with E-state index >= 15 is 0 Å². The Morgan fingerprint density at radius 1 is 0.963 bits per heavy atom. The lowest BCUT2D eigenvalue weighted by Crippen LogP contribution is -2.44. The van der Waals surface area contributed by atoms with Gasteiger partial charge in [0.05, 0.1) is 12.5 Å². The molecule has 1 aliphatic heterocycles. The molecule has 142 valence electrons. The summed E-state index contributed by atoms with van der Waals surface area (Å²) in [5.74, 6) is 0.992. The molecule has 4 heteroatoms. The van der Waals surface area contributed by atoms with Gasteiger partial charge in [-0.25, -0.2) is 0 Å². The van der Waals surface area contributed by atoms with E-state index in [1.165, 1.54) is 0 Å². The van der Waals surface area contributed by atoms with Gasteiger partial charge >= 0.3 is 0 Å². The Bertz CT molecular complexity index is 750. The number of hydrogen-bond donors (Lipinski definition) is 1. The Morgan fingerprint density at radius 2 is 1.52 bits per heavy atom. The number of likely N-dealkylation sites (tertiary alicyclic amines) is 1. The fourth-order valence-electron chi connectivity index (χ4n) is 3.94. The zero-order valence-corrected chi connectivity index (χ0v) is 16.1. The molecule has 1 saturated heterocycles. The van der Waals surface area contributed by atoms with E-state index in [1.54, 1.807) is 12.1 Å². The lowest BCUT2D eigenvalue weighted by atomic mass is 9.91. The average Bonchev–Trinajstić information content (AvgIpc) is 2.68. The summed E-state index contributed by atoms with van der Waals surface area (Å²) in [6.07, 6.45) is 1.44. The topological polar surface area (TPSA) is 49.4 Å². The van der Waals surface area contributed by atoms with Crippen LogP contribution in [0.25, 0.3) is 0 Å². The SMILES string of the molecule is CC1CC(C)CN(C(=O)CC(NC(=O)c2ccccc2)c2ccccc2)C1. The Kier molecular flexibility index (Phi) is 6.28. The predicted octanol–water partition coefficient (Wildman–Crippen LogP) is 4.05. The van der Waals surface area contributed by atoms with Gasteiger partial charge in [-0.2, -0.15) is 0 Å². The molecule has 1 heterocycles. The number of benzene rings is 2. The third kappa shape index (κ3) is 5.19. The van der Waals surface area contributed by atoms with Crippen LogP contribution in [-0.2, 0) is 4.79 Å². The molecule has 0 aromatic heterocycles. The van der Waals surface area contributed by atoms with Crippen molar-refractivity contribution in [2.75, 3.05) is 13.1 Å². The summed E-state index contributed by atoms with van der Waals surface area (Å²) in [5, 5.41) is 3.06. The van der Waals surface area contributed by atoms with Crippen LogP contribution in [-0.4, -0.2) is 29.8 Å². The summed E-state index contributed by atoms with van der Waals surface area (Å²) in [6.45, 7) is 6.00. The first kappa shape index (κ1) is 19.2. The molecule has 3 rings (SSSR count). The highest BCUT2D eigenvalue weighted by Gasteiger charge is 2.28. The second-order valence-corrected chi connectivity index (χ2v) is 7.75. The van der Waals surface area contributed by atoms with Gasteiger partial charge in [-0.05, 0) is 36.0 Å². The van der Waals surface area contributed by atoms with Crippen LogP contribution in [0.15, 0.2) is 60.7 Å². The quantitative estimate of drug-likeness (QED) is 0.870. The standard InChI is InChI=1S/C23H28N2O2/c1-17-13-18(2)16-25(15-17)22(26)14-21(19-9-5-3-6-10-19)24-23(27)20-11-7-4-8-12-20/h3-12,17-18,21H,13-16H2,1-2H3,(H,24,27). The minimum atomic E-state index is -0.334. The van der Waals surface area contributed by atoms with Gasteiger partial charge in [0.1, 0.15) is 0 Å². The Morgan fingerprint density at radius 3 is 2.11 bits per heavy atom. The molecule has 0 bridgehead atoms. The first-order valence-corrected chi connectivity index (χ1v) is 9.71. The van der Waals surface area contributed by atoms with Crippen LogP contribution >= 0.6 is 0 Å². The molecule has 0 radical (unpaired) electrons. The second kappa shape index (κ2) is 8.85. The van der Waals surface area contributed by atoms with Crippen molar-refractivity contribution < 1.29 is 9.59 Å². The summed E-state index contributed by atoms with van der Waals surface area (Å²) in [6, 6.07) is 18.5. The van der Waals surface area contributed by atoms with Crippen molar-refractivity contribution in [3.63, 3.8) is 0 Å². The van der Waals surface area contributed by atoms with Crippen LogP contribution in [0.4, 0.5) is 0 Å². The monoisotopic (exact) mass is 364 g/mol. The van der Waals surface area contributed by atoms with Crippen molar-refractivity contribution in [1.82, 2.24) is 10.2 Å². The van der Waals surface area contributed by atoms with Gasteiger partial charge in [-0.1, -0.05) is 62.4 Å². The number of amides is 2. The van der Waals surface area contributed by atoms with Crippen LogP contribution in [0.2, 0.25) is 0 Å². The molecule has 0 aliphatic carbocycles. The fourth-order valence-corrected chi connectivity index (χ4v) is 3.94. The molecule has 1 fully saturated rings. The molecular formula is C23H28N2O2. The van der Waals surface area contributed by atoms with Crippen molar-refractivity contribution in [2.45, 2.75) is 32.7 Å². The molecular weight excluding hydrogens is 336 g/mol. The molecule has 3 atom stereocenters. The number of hydrogen-bond acceptors (Lipinski definition) is 2. The third-order valence-corrected chi connectivity index (χ3v) is 5.14. The van der Waals surface area contributed by atoms with Gasteiger partial charge in [-0.15, -0.1) is 0 Å². The minimum Gasteiger partial charge on any atom is -0.345 e. The van der Waals surface area contributed by atoms with Crippen molar-refractivity contribution in [3.05, 3.63) is 71.8 Å². The van der Waals surface area contributed by atoms with Crippen LogP contribution in [0.5, 0.6) is 0 Å². The average molecular weight is 364 g/mol. The number of rotatable bonds is 5. The van der Waals surface area contributed by atoms with Crippen molar-refractivity contribution >= 4 is 11.8 Å². The van der Waals surface area contributed by atoms with E-state index in [2.05, 4.69) is 19.2 Å². The molecule has 27 heavy (non-hydrogen) atoms. The first-order chi connectivity index (χ1) is 13.0. The fraction of sp³-hybridized carbons (Fsp3) is 0.391. The maximum absolute atomic E-state index is 13.0. The van der Waals surface area contributed by atoms with Crippen LogP contribution < -0.4 is 5.32 Å². The molecule has 4 nitrogen and oxygen atoms in total. The molecule has 0 spiro atoms. The van der Waals surface area contributed by atoms with Crippen molar-refractivity contribution in [3.8, 4) is 0 Å². The number of nitrogens with zero attached hydrogens (tertiary/aromatic N) is 1. The first-order valence-electron chi connectivity index (χ1n) is 9.71. The Balaban J connectivity index is 1.74. The zero-order chi connectivity index (χ0) is 19.2. The van der Waals surface area contributed by atoms with Crippen molar-refractivity contribution in [2.24, 2.45) is 11.8 Å². The summed E-state index contributed by atoms with van der Waals surface area (Å²) in [5.41, 5.74) is 1.55. The van der Waals surface area contributed by atoms with E-state index < -0.39 is 0 Å². The summed E-state index contributed by atoms with van der Waals surface area (Å²) < 4.78 is 0. The van der Waals surface area contributed by atoms with Crippen LogP contribution in [0, 0.1) is 11.8 Å². The maximum atomic E-state index is 13.0. The highest BCUT2D eigenvalue weighted by molar-refractivity contribution is 5.94. The molecule has 2 aromatic carbocycles. The van der Waals surface area contributed by atoms with Gasteiger partial charge in [0.15, 0.2) is 0 Å². The van der Waals surface area contributed by atoms with Gasteiger partial charge < -0.3 is 10.2 Å². The van der Waals surface area contributed by atoms with E-state index in [0.29, 0.717) is 17.4 Å². The van der Waals surface area contributed by atoms with Gasteiger partial charge in [-0.3, -0.25) is 9.59 Å². The van der Waals surface area contributed by atoms with Gasteiger partial charge in [0, 0.05) is 18.7 Å². The largest absolute Gasteiger partial charge is 0.345 e. The number of nitrogens with one attached hydrogen (secondary N) is 1. The third-order valence-electron chi connectivity index (χ3n) is 5.14. The van der Waals surface area contributed by atoms with E-state index in [-0.39, 0.29) is 24.3 Å². The molecule has 1 aliphatic rings. The molecule has 2 aromatic rings. The maximum Gasteiger partial charge on any atom is 0.251 e.